The van der Waals surface area contributed by atoms with Crippen LogP contribution in [-0.2, 0) is 14.3 Å². The maximum atomic E-state index is 12.8. The first kappa shape index (κ1) is 16.3. The molecule has 5 nitrogen and oxygen atoms in total. The standard InChI is InChI=1S/C16H28N2O3/c1-10(2)13-14(19)18(8-9-21-11(3)4)16(5,12-6-7-12)15(20)17-13/h10-13H,6-9H2,1-5H3,(H,17,20). The second kappa shape index (κ2) is 5.95. The SMILES string of the molecule is CC(C)OCCN1C(=O)C(C(C)C)NC(=O)C1(C)C1CC1. The minimum Gasteiger partial charge on any atom is -0.377 e. The Morgan fingerprint density at radius 1 is 1.29 bits per heavy atom. The van der Waals surface area contributed by atoms with Crippen molar-refractivity contribution >= 4 is 11.8 Å². The summed E-state index contributed by atoms with van der Waals surface area (Å²) in [7, 11) is 0. The fourth-order valence-electron chi connectivity index (χ4n) is 3.09. The summed E-state index contributed by atoms with van der Waals surface area (Å²) in [6.45, 7) is 10.7. The van der Waals surface area contributed by atoms with E-state index in [1.807, 2.05) is 34.6 Å². The second-order valence-electron chi connectivity index (χ2n) is 7.03. The Morgan fingerprint density at radius 3 is 2.38 bits per heavy atom. The van der Waals surface area contributed by atoms with E-state index in [0.29, 0.717) is 13.2 Å². The van der Waals surface area contributed by atoms with Gasteiger partial charge in [0.05, 0.1) is 12.7 Å². The molecule has 5 heteroatoms. The van der Waals surface area contributed by atoms with Crippen LogP contribution in [0, 0.1) is 11.8 Å². The van der Waals surface area contributed by atoms with Gasteiger partial charge in [-0.25, -0.2) is 0 Å². The number of carbonyl (C=O) groups is 2. The van der Waals surface area contributed by atoms with Gasteiger partial charge in [0.2, 0.25) is 11.8 Å². The van der Waals surface area contributed by atoms with Crippen LogP contribution in [0.4, 0.5) is 0 Å². The Balaban J connectivity index is 2.18. The number of amides is 2. The van der Waals surface area contributed by atoms with Gasteiger partial charge < -0.3 is 15.0 Å². The van der Waals surface area contributed by atoms with Crippen molar-refractivity contribution in [1.29, 1.82) is 0 Å². The number of hydrogen-bond acceptors (Lipinski definition) is 3. The van der Waals surface area contributed by atoms with Crippen molar-refractivity contribution in [3.63, 3.8) is 0 Å². The molecule has 21 heavy (non-hydrogen) atoms. The molecule has 2 rings (SSSR count). The third kappa shape index (κ3) is 3.07. The van der Waals surface area contributed by atoms with Gasteiger partial charge in [-0.15, -0.1) is 0 Å². The van der Waals surface area contributed by atoms with E-state index in [1.165, 1.54) is 0 Å². The second-order valence-corrected chi connectivity index (χ2v) is 7.03. The minimum atomic E-state index is -0.706. The molecule has 0 aromatic carbocycles. The maximum Gasteiger partial charge on any atom is 0.246 e. The van der Waals surface area contributed by atoms with Crippen LogP contribution < -0.4 is 5.32 Å². The van der Waals surface area contributed by atoms with Crippen molar-refractivity contribution < 1.29 is 14.3 Å². The first-order chi connectivity index (χ1) is 9.78. The summed E-state index contributed by atoms with van der Waals surface area (Å²) in [6.07, 6.45) is 2.17. The van der Waals surface area contributed by atoms with Gasteiger partial charge in [-0.05, 0) is 45.4 Å². The summed E-state index contributed by atoms with van der Waals surface area (Å²) in [5, 5.41) is 2.94. The molecule has 1 heterocycles. The van der Waals surface area contributed by atoms with Gasteiger partial charge in [0, 0.05) is 6.54 Å². The number of hydrogen-bond donors (Lipinski definition) is 1. The van der Waals surface area contributed by atoms with Gasteiger partial charge in [0.1, 0.15) is 11.6 Å². The molecule has 0 aromatic rings. The predicted molar refractivity (Wildman–Crippen MR) is 80.7 cm³/mol. The molecule has 0 radical (unpaired) electrons. The number of rotatable bonds is 6. The van der Waals surface area contributed by atoms with Crippen LogP contribution in [0.5, 0.6) is 0 Å². The molecule has 2 unspecified atom stereocenters. The zero-order chi connectivity index (χ0) is 15.8. The van der Waals surface area contributed by atoms with Crippen LogP contribution in [0.3, 0.4) is 0 Å². The molecule has 2 aliphatic rings. The van der Waals surface area contributed by atoms with Crippen molar-refractivity contribution in [3.05, 3.63) is 0 Å². The van der Waals surface area contributed by atoms with Crippen LogP contribution in [0.15, 0.2) is 0 Å². The molecular formula is C16H28N2O3. The Kier molecular flexibility index (Phi) is 4.61. The molecule has 0 aromatic heterocycles. The van der Waals surface area contributed by atoms with E-state index in [-0.39, 0.29) is 29.8 Å². The van der Waals surface area contributed by atoms with Crippen LogP contribution in [0.25, 0.3) is 0 Å². The first-order valence-corrected chi connectivity index (χ1v) is 8.02. The Labute approximate surface area is 127 Å². The third-order valence-electron chi connectivity index (χ3n) is 4.64. The summed E-state index contributed by atoms with van der Waals surface area (Å²) in [4.78, 5) is 27.2. The van der Waals surface area contributed by atoms with Crippen molar-refractivity contribution in [2.75, 3.05) is 13.2 Å². The number of nitrogens with zero attached hydrogens (tertiary/aromatic N) is 1. The lowest BCUT2D eigenvalue weighted by Crippen LogP contribution is -2.71. The van der Waals surface area contributed by atoms with Crippen LogP contribution >= 0.6 is 0 Å². The number of carbonyl (C=O) groups excluding carboxylic acids is 2. The highest BCUT2D eigenvalue weighted by Crippen LogP contribution is 2.45. The lowest BCUT2D eigenvalue weighted by atomic mass is 9.86. The predicted octanol–water partition coefficient (Wildman–Crippen LogP) is 1.56. The largest absolute Gasteiger partial charge is 0.377 e. The van der Waals surface area contributed by atoms with Crippen molar-refractivity contribution in [2.45, 2.75) is 65.1 Å². The molecule has 1 N–H and O–H groups in total. The Morgan fingerprint density at radius 2 is 1.90 bits per heavy atom. The maximum absolute atomic E-state index is 12.8. The summed E-state index contributed by atoms with van der Waals surface area (Å²) in [6, 6.07) is -0.414. The Bertz CT molecular complexity index is 418. The van der Waals surface area contributed by atoms with E-state index in [1.54, 1.807) is 4.90 Å². The molecule has 1 aliphatic carbocycles. The molecule has 0 bridgehead atoms. The summed E-state index contributed by atoms with van der Waals surface area (Å²) >= 11 is 0. The monoisotopic (exact) mass is 296 g/mol. The topological polar surface area (TPSA) is 58.6 Å². The first-order valence-electron chi connectivity index (χ1n) is 8.02. The molecule has 2 fully saturated rings. The highest BCUT2D eigenvalue weighted by atomic mass is 16.5. The number of nitrogens with one attached hydrogen (secondary N) is 1. The van der Waals surface area contributed by atoms with Crippen molar-refractivity contribution in [3.8, 4) is 0 Å². The van der Waals surface area contributed by atoms with E-state index >= 15 is 0 Å². The third-order valence-corrected chi connectivity index (χ3v) is 4.64. The molecule has 2 atom stereocenters. The van der Waals surface area contributed by atoms with E-state index in [0.717, 1.165) is 12.8 Å². The minimum absolute atomic E-state index is 0.00662. The van der Waals surface area contributed by atoms with Gasteiger partial charge in [0.25, 0.3) is 0 Å². The van der Waals surface area contributed by atoms with Gasteiger partial charge in [-0.2, -0.15) is 0 Å². The molecular weight excluding hydrogens is 268 g/mol. The van der Waals surface area contributed by atoms with Crippen molar-refractivity contribution in [2.24, 2.45) is 11.8 Å². The average Bonchev–Trinajstić information content (AvgIpc) is 3.21. The van der Waals surface area contributed by atoms with E-state index in [4.69, 9.17) is 4.74 Å². The lowest BCUT2D eigenvalue weighted by molar-refractivity contribution is -0.160. The smallest absolute Gasteiger partial charge is 0.246 e. The fourth-order valence-corrected chi connectivity index (χ4v) is 3.09. The van der Waals surface area contributed by atoms with Gasteiger partial charge in [-0.1, -0.05) is 13.8 Å². The zero-order valence-corrected chi connectivity index (χ0v) is 13.8. The van der Waals surface area contributed by atoms with Gasteiger partial charge in [0.15, 0.2) is 0 Å². The van der Waals surface area contributed by atoms with Gasteiger partial charge >= 0.3 is 0 Å². The Hall–Kier alpha value is -1.10. The summed E-state index contributed by atoms with van der Waals surface area (Å²) in [5.74, 6) is 0.409. The van der Waals surface area contributed by atoms with Crippen LogP contribution in [0.2, 0.25) is 0 Å². The van der Waals surface area contributed by atoms with E-state index in [2.05, 4.69) is 5.32 Å². The number of piperazine rings is 1. The van der Waals surface area contributed by atoms with Crippen molar-refractivity contribution in [1.82, 2.24) is 10.2 Å². The molecule has 2 amide bonds. The molecule has 1 saturated carbocycles. The molecule has 1 saturated heterocycles. The summed E-state index contributed by atoms with van der Waals surface area (Å²) < 4.78 is 5.59. The van der Waals surface area contributed by atoms with Crippen LogP contribution in [0.1, 0.15) is 47.5 Å². The highest BCUT2D eigenvalue weighted by Gasteiger charge is 2.57. The quantitative estimate of drug-likeness (QED) is 0.809. The van der Waals surface area contributed by atoms with Gasteiger partial charge in [-0.3, -0.25) is 9.59 Å². The normalized spacial score (nSPS) is 30.2. The molecule has 120 valence electrons. The average molecular weight is 296 g/mol. The van der Waals surface area contributed by atoms with E-state index < -0.39 is 11.6 Å². The fraction of sp³-hybridized carbons (Fsp3) is 0.875. The zero-order valence-electron chi connectivity index (χ0n) is 13.8. The lowest BCUT2D eigenvalue weighted by Gasteiger charge is -2.47. The highest BCUT2D eigenvalue weighted by molar-refractivity contribution is 6.00. The molecule has 0 spiro atoms. The van der Waals surface area contributed by atoms with Crippen LogP contribution in [-0.4, -0.2) is 47.6 Å². The number of ether oxygens (including phenoxy) is 1. The van der Waals surface area contributed by atoms with E-state index in [9.17, 15) is 9.59 Å². The summed E-state index contributed by atoms with van der Waals surface area (Å²) in [5.41, 5.74) is -0.706. The molecule has 1 aliphatic heterocycles.